The molecular weight excluding hydrogens is 287 g/mol. The maximum absolute atomic E-state index is 12.4. The van der Waals surface area contributed by atoms with Crippen molar-refractivity contribution in [2.45, 2.75) is 26.9 Å². The molecule has 0 aliphatic rings. The van der Waals surface area contributed by atoms with Crippen LogP contribution in [0.4, 0.5) is 13.2 Å². The van der Waals surface area contributed by atoms with Crippen LogP contribution in [0, 0.1) is 6.92 Å². The van der Waals surface area contributed by atoms with Crippen LogP contribution >= 0.6 is 15.9 Å². The van der Waals surface area contributed by atoms with Gasteiger partial charge < -0.3 is 4.74 Å². The molecule has 2 nitrogen and oxygen atoms in total. The van der Waals surface area contributed by atoms with Crippen molar-refractivity contribution in [1.29, 1.82) is 0 Å². The second-order valence-corrected chi connectivity index (χ2v) is 3.50. The minimum atomic E-state index is -4.45. The fourth-order valence-electron chi connectivity index (χ4n) is 0.993. The molecule has 0 bridgehead atoms. The summed E-state index contributed by atoms with van der Waals surface area (Å²) >= 11 is 3.05. The van der Waals surface area contributed by atoms with E-state index < -0.39 is 11.9 Å². The highest BCUT2D eigenvalue weighted by molar-refractivity contribution is 9.10. The molecule has 16 heavy (non-hydrogen) atoms. The molecule has 6 heteroatoms. The summed E-state index contributed by atoms with van der Waals surface area (Å²) in [6.07, 6.45) is -4.45. The van der Waals surface area contributed by atoms with Gasteiger partial charge in [0.1, 0.15) is 0 Å². The molecule has 0 N–H and O–H groups in total. The summed E-state index contributed by atoms with van der Waals surface area (Å²) in [5, 5.41) is 0. The molecule has 1 heterocycles. The van der Waals surface area contributed by atoms with Gasteiger partial charge in [-0.3, -0.25) is 0 Å². The fourth-order valence-corrected chi connectivity index (χ4v) is 1.59. The van der Waals surface area contributed by atoms with E-state index in [1.165, 1.54) is 20.1 Å². The second kappa shape index (κ2) is 6.08. The zero-order valence-corrected chi connectivity index (χ0v) is 11.0. The third-order valence-corrected chi connectivity index (χ3v) is 2.16. The van der Waals surface area contributed by atoms with Gasteiger partial charge in [0.05, 0.1) is 11.6 Å². The second-order valence-electron chi connectivity index (χ2n) is 2.64. The Balaban J connectivity index is 0.00000106. The molecule has 1 aromatic heterocycles. The van der Waals surface area contributed by atoms with Crippen LogP contribution < -0.4 is 4.74 Å². The van der Waals surface area contributed by atoms with Gasteiger partial charge in [0.2, 0.25) is 5.88 Å². The summed E-state index contributed by atoms with van der Waals surface area (Å²) in [6, 6.07) is 1.33. The minimum absolute atomic E-state index is 0.0603. The Labute approximate surface area is 101 Å². The van der Waals surface area contributed by atoms with Crippen LogP contribution in [0.1, 0.15) is 25.1 Å². The molecule has 1 aromatic rings. The van der Waals surface area contributed by atoms with Crippen molar-refractivity contribution >= 4 is 15.9 Å². The molecule has 92 valence electrons. The van der Waals surface area contributed by atoms with Gasteiger partial charge >= 0.3 is 6.18 Å². The summed E-state index contributed by atoms with van der Waals surface area (Å²) in [6.45, 7) is 5.35. The zero-order chi connectivity index (χ0) is 12.9. The first-order chi connectivity index (χ1) is 7.36. The number of methoxy groups -OCH3 is 1. The molecule has 0 amide bonds. The van der Waals surface area contributed by atoms with Crippen LogP contribution in [-0.2, 0) is 6.18 Å². The van der Waals surface area contributed by atoms with E-state index in [9.17, 15) is 13.2 Å². The summed E-state index contributed by atoms with van der Waals surface area (Å²) in [4.78, 5) is 3.37. The van der Waals surface area contributed by atoms with Crippen molar-refractivity contribution in [2.75, 3.05) is 7.11 Å². The highest BCUT2D eigenvalue weighted by Crippen LogP contribution is 2.34. The van der Waals surface area contributed by atoms with Crippen LogP contribution in [0.3, 0.4) is 0 Å². The van der Waals surface area contributed by atoms with E-state index in [1.54, 1.807) is 0 Å². The van der Waals surface area contributed by atoms with Crippen LogP contribution in [0.2, 0.25) is 0 Å². The lowest BCUT2D eigenvalue weighted by molar-refractivity contribution is -0.141. The number of hydrogen-bond acceptors (Lipinski definition) is 2. The topological polar surface area (TPSA) is 22.1 Å². The molecule has 0 fully saturated rings. The van der Waals surface area contributed by atoms with Crippen molar-refractivity contribution in [1.82, 2.24) is 4.98 Å². The number of aromatic nitrogens is 1. The van der Waals surface area contributed by atoms with E-state index in [0.717, 1.165) is 0 Å². The van der Waals surface area contributed by atoms with Crippen LogP contribution in [-0.4, -0.2) is 12.1 Å². The van der Waals surface area contributed by atoms with Crippen molar-refractivity contribution in [2.24, 2.45) is 0 Å². The minimum Gasteiger partial charge on any atom is -0.480 e. The fraction of sp³-hybridized carbons (Fsp3) is 0.500. The number of halogens is 4. The van der Waals surface area contributed by atoms with Gasteiger partial charge in [0, 0.05) is 0 Å². The van der Waals surface area contributed by atoms with Crippen molar-refractivity contribution in [3.8, 4) is 5.88 Å². The van der Waals surface area contributed by atoms with E-state index in [1.807, 2.05) is 13.8 Å². The average molecular weight is 300 g/mol. The Morgan fingerprint density at radius 1 is 1.31 bits per heavy atom. The Hall–Kier alpha value is -0.780. The molecule has 0 saturated carbocycles. The van der Waals surface area contributed by atoms with E-state index >= 15 is 0 Å². The maximum atomic E-state index is 12.4. The third kappa shape index (κ3) is 3.66. The largest absolute Gasteiger partial charge is 0.480 e. The Morgan fingerprint density at radius 3 is 2.19 bits per heavy atom. The van der Waals surface area contributed by atoms with Crippen molar-refractivity contribution in [3.63, 3.8) is 0 Å². The standard InChI is InChI=1S/C8H7BrF3NO.C2H6/c1-4-3-5(9)7(14-2)13-6(4)8(10,11)12;1-2/h3H,1-2H3;1-2H3. The predicted molar refractivity (Wildman–Crippen MR) is 59.6 cm³/mol. The summed E-state index contributed by atoms with van der Waals surface area (Å²) < 4.78 is 42.2. The van der Waals surface area contributed by atoms with Gasteiger partial charge in [0.25, 0.3) is 0 Å². The molecule has 0 unspecified atom stereocenters. The Morgan fingerprint density at radius 2 is 1.81 bits per heavy atom. The molecule has 0 aromatic carbocycles. The smallest absolute Gasteiger partial charge is 0.433 e. The number of alkyl halides is 3. The molecule has 0 aliphatic carbocycles. The first kappa shape index (κ1) is 15.2. The molecule has 1 rings (SSSR count). The highest BCUT2D eigenvalue weighted by Gasteiger charge is 2.35. The zero-order valence-electron chi connectivity index (χ0n) is 9.44. The van der Waals surface area contributed by atoms with Gasteiger partial charge in [-0.15, -0.1) is 0 Å². The maximum Gasteiger partial charge on any atom is 0.433 e. The van der Waals surface area contributed by atoms with Gasteiger partial charge in [-0.05, 0) is 34.5 Å². The van der Waals surface area contributed by atoms with Crippen LogP contribution in [0.5, 0.6) is 5.88 Å². The number of hydrogen-bond donors (Lipinski definition) is 0. The molecule has 0 aliphatic heterocycles. The Bertz CT molecular complexity index is 353. The van der Waals surface area contributed by atoms with Gasteiger partial charge in [-0.25, -0.2) is 4.98 Å². The first-order valence-corrected chi connectivity index (χ1v) is 5.44. The number of ether oxygens (including phenoxy) is 1. The lowest BCUT2D eigenvalue weighted by Crippen LogP contribution is -2.11. The highest BCUT2D eigenvalue weighted by atomic mass is 79.9. The average Bonchev–Trinajstić information content (AvgIpc) is 2.19. The summed E-state index contributed by atoms with van der Waals surface area (Å²) in [5.41, 5.74) is -0.859. The number of aryl methyl sites for hydroxylation is 1. The molecule has 0 spiro atoms. The Kier molecular flexibility index (Phi) is 5.78. The predicted octanol–water partition coefficient (Wildman–Crippen LogP) is 4.21. The monoisotopic (exact) mass is 299 g/mol. The molecule has 0 radical (unpaired) electrons. The van der Waals surface area contributed by atoms with Crippen LogP contribution in [0.15, 0.2) is 10.5 Å². The van der Waals surface area contributed by atoms with E-state index in [4.69, 9.17) is 0 Å². The van der Waals surface area contributed by atoms with Gasteiger partial charge in [-0.1, -0.05) is 13.8 Å². The lowest BCUT2D eigenvalue weighted by atomic mass is 10.2. The van der Waals surface area contributed by atoms with E-state index in [2.05, 4.69) is 25.7 Å². The van der Waals surface area contributed by atoms with Crippen LogP contribution in [0.25, 0.3) is 0 Å². The molecular formula is C10H13BrF3NO. The van der Waals surface area contributed by atoms with Crippen molar-refractivity contribution in [3.05, 3.63) is 21.8 Å². The normalized spacial score (nSPS) is 10.5. The van der Waals surface area contributed by atoms with E-state index in [-0.39, 0.29) is 11.4 Å². The van der Waals surface area contributed by atoms with Gasteiger partial charge in [0.15, 0.2) is 5.69 Å². The first-order valence-electron chi connectivity index (χ1n) is 4.64. The third-order valence-electron chi connectivity index (χ3n) is 1.60. The molecule has 0 saturated heterocycles. The number of pyridine rings is 1. The quantitative estimate of drug-likeness (QED) is 0.775. The molecule has 0 atom stereocenters. The summed E-state index contributed by atoms with van der Waals surface area (Å²) in [7, 11) is 1.27. The summed E-state index contributed by atoms with van der Waals surface area (Å²) in [5.74, 6) is -0.0667. The van der Waals surface area contributed by atoms with Crippen molar-refractivity contribution < 1.29 is 17.9 Å². The number of nitrogens with zero attached hydrogens (tertiary/aromatic N) is 1. The number of rotatable bonds is 1. The lowest BCUT2D eigenvalue weighted by Gasteiger charge is -2.11. The SMILES string of the molecule is CC.COc1nc(C(F)(F)F)c(C)cc1Br. The van der Waals surface area contributed by atoms with E-state index in [0.29, 0.717) is 4.47 Å². The van der Waals surface area contributed by atoms with Gasteiger partial charge in [-0.2, -0.15) is 13.2 Å².